The molecule has 1 amide bonds. The van der Waals surface area contributed by atoms with Crippen molar-refractivity contribution in [2.75, 3.05) is 26.7 Å². The van der Waals surface area contributed by atoms with Crippen LogP contribution in [0.25, 0.3) is 0 Å². The summed E-state index contributed by atoms with van der Waals surface area (Å²) in [5.74, 6) is 1.08. The minimum absolute atomic E-state index is 0. The molecule has 1 fully saturated rings. The molecule has 0 atom stereocenters. The Bertz CT molecular complexity index is 439. The number of carbonyl (C=O) groups is 1. The largest absolute Gasteiger partial charge is 0.343 e. The molecule has 124 valence electrons. The lowest BCUT2D eigenvalue weighted by molar-refractivity contribution is -0.132. The number of piperidine rings is 1. The number of nitrogens with zero attached hydrogens (tertiary/aromatic N) is 1. The smallest absolute Gasteiger partial charge is 0.222 e. The predicted molar refractivity (Wildman–Crippen MR) is 94.6 cm³/mol. The third-order valence-electron chi connectivity index (χ3n) is 4.44. The molecule has 4 heteroatoms. The molecule has 22 heavy (non-hydrogen) atoms. The van der Waals surface area contributed by atoms with Crippen LogP contribution in [0.4, 0.5) is 0 Å². The van der Waals surface area contributed by atoms with Crippen LogP contribution in [-0.4, -0.2) is 37.5 Å². The van der Waals surface area contributed by atoms with E-state index in [1.807, 2.05) is 7.05 Å². The van der Waals surface area contributed by atoms with Crippen molar-refractivity contribution in [2.45, 2.75) is 39.0 Å². The van der Waals surface area contributed by atoms with Gasteiger partial charge in [0.2, 0.25) is 5.91 Å². The Labute approximate surface area is 140 Å². The number of aryl methyl sites for hydroxylation is 2. The van der Waals surface area contributed by atoms with E-state index in [2.05, 4.69) is 41.4 Å². The standard InChI is InChI=1S/C18H28N2O.ClH/c1-15-6-8-16(9-7-15)4-3-5-18(21)20-12-10-17(11-13-20)14-19-2;/h6-9,17,19H,3-5,10-14H2,1-2H3;1H. The average Bonchev–Trinajstić information content (AvgIpc) is 2.50. The lowest BCUT2D eigenvalue weighted by atomic mass is 9.96. The Morgan fingerprint density at radius 1 is 1.23 bits per heavy atom. The van der Waals surface area contributed by atoms with Crippen LogP contribution in [0.3, 0.4) is 0 Å². The molecule has 0 spiro atoms. The summed E-state index contributed by atoms with van der Waals surface area (Å²) in [4.78, 5) is 14.3. The topological polar surface area (TPSA) is 32.3 Å². The fraction of sp³-hybridized carbons (Fsp3) is 0.611. The van der Waals surface area contributed by atoms with Crippen LogP contribution < -0.4 is 5.32 Å². The number of likely N-dealkylation sites (tertiary alicyclic amines) is 1. The van der Waals surface area contributed by atoms with Crippen LogP contribution in [0, 0.1) is 12.8 Å². The van der Waals surface area contributed by atoms with E-state index in [1.165, 1.54) is 11.1 Å². The van der Waals surface area contributed by atoms with Gasteiger partial charge in [0.05, 0.1) is 0 Å². The minimum Gasteiger partial charge on any atom is -0.343 e. The van der Waals surface area contributed by atoms with Crippen LogP contribution in [0.2, 0.25) is 0 Å². The van der Waals surface area contributed by atoms with E-state index in [4.69, 9.17) is 0 Å². The second kappa shape index (κ2) is 9.86. The number of hydrogen-bond donors (Lipinski definition) is 1. The highest BCUT2D eigenvalue weighted by atomic mass is 35.5. The Morgan fingerprint density at radius 3 is 2.45 bits per heavy atom. The zero-order valence-corrected chi connectivity index (χ0v) is 14.6. The summed E-state index contributed by atoms with van der Waals surface area (Å²) < 4.78 is 0. The third kappa shape index (κ3) is 5.98. The summed E-state index contributed by atoms with van der Waals surface area (Å²) in [5, 5.41) is 3.23. The first-order valence-electron chi connectivity index (χ1n) is 8.17. The lowest BCUT2D eigenvalue weighted by Crippen LogP contribution is -2.40. The van der Waals surface area contributed by atoms with Crippen molar-refractivity contribution >= 4 is 18.3 Å². The molecule has 0 radical (unpaired) electrons. The Hall–Kier alpha value is -1.06. The summed E-state index contributed by atoms with van der Waals surface area (Å²) in [6, 6.07) is 8.62. The van der Waals surface area contributed by atoms with E-state index < -0.39 is 0 Å². The molecule has 1 heterocycles. The second-order valence-corrected chi connectivity index (χ2v) is 6.22. The van der Waals surface area contributed by atoms with Crippen molar-refractivity contribution in [3.8, 4) is 0 Å². The van der Waals surface area contributed by atoms with Crippen molar-refractivity contribution in [3.05, 3.63) is 35.4 Å². The van der Waals surface area contributed by atoms with E-state index in [0.717, 1.165) is 51.2 Å². The van der Waals surface area contributed by atoms with Gasteiger partial charge in [-0.15, -0.1) is 12.4 Å². The Kier molecular flexibility index (Phi) is 8.51. The van der Waals surface area contributed by atoms with Crippen LogP contribution in [0.15, 0.2) is 24.3 Å². The average molecular weight is 325 g/mol. The van der Waals surface area contributed by atoms with Gasteiger partial charge in [-0.3, -0.25) is 4.79 Å². The molecule has 1 aliphatic heterocycles. The molecule has 1 aliphatic rings. The number of amides is 1. The van der Waals surface area contributed by atoms with Gasteiger partial charge in [0.1, 0.15) is 0 Å². The van der Waals surface area contributed by atoms with Gasteiger partial charge >= 0.3 is 0 Å². The first-order chi connectivity index (χ1) is 10.2. The van der Waals surface area contributed by atoms with Crippen LogP contribution >= 0.6 is 12.4 Å². The molecule has 0 bridgehead atoms. The lowest BCUT2D eigenvalue weighted by Gasteiger charge is -2.32. The SMILES string of the molecule is CNCC1CCN(C(=O)CCCc2ccc(C)cc2)CC1.Cl. The second-order valence-electron chi connectivity index (χ2n) is 6.22. The number of halogens is 1. The van der Waals surface area contributed by atoms with Crippen molar-refractivity contribution in [2.24, 2.45) is 5.92 Å². The van der Waals surface area contributed by atoms with Gasteiger partial charge in [0, 0.05) is 19.5 Å². The molecule has 3 nitrogen and oxygen atoms in total. The van der Waals surface area contributed by atoms with Crippen LogP contribution in [0.5, 0.6) is 0 Å². The molecule has 0 aliphatic carbocycles. The third-order valence-corrected chi connectivity index (χ3v) is 4.44. The highest BCUT2D eigenvalue weighted by Gasteiger charge is 2.21. The van der Waals surface area contributed by atoms with Gasteiger partial charge in [-0.2, -0.15) is 0 Å². The molecule has 0 unspecified atom stereocenters. The maximum atomic E-state index is 12.2. The zero-order chi connectivity index (χ0) is 15.1. The quantitative estimate of drug-likeness (QED) is 0.871. The monoisotopic (exact) mass is 324 g/mol. The van der Waals surface area contributed by atoms with Gasteiger partial charge in [0.25, 0.3) is 0 Å². The van der Waals surface area contributed by atoms with Gasteiger partial charge in [-0.25, -0.2) is 0 Å². The molecule has 1 aromatic carbocycles. The number of benzene rings is 1. The number of hydrogen-bond acceptors (Lipinski definition) is 2. The molecule has 0 saturated carbocycles. The van der Waals surface area contributed by atoms with Crippen molar-refractivity contribution < 1.29 is 4.79 Å². The fourth-order valence-electron chi connectivity index (χ4n) is 3.03. The number of carbonyl (C=O) groups excluding carboxylic acids is 1. The van der Waals surface area contributed by atoms with E-state index in [-0.39, 0.29) is 12.4 Å². The highest BCUT2D eigenvalue weighted by molar-refractivity contribution is 5.85. The summed E-state index contributed by atoms with van der Waals surface area (Å²) >= 11 is 0. The minimum atomic E-state index is 0. The van der Waals surface area contributed by atoms with Crippen LogP contribution in [0.1, 0.15) is 36.8 Å². The molecule has 1 saturated heterocycles. The van der Waals surface area contributed by atoms with Crippen molar-refractivity contribution in [3.63, 3.8) is 0 Å². The molecule has 2 rings (SSSR count). The fourth-order valence-corrected chi connectivity index (χ4v) is 3.03. The normalized spacial score (nSPS) is 15.5. The van der Waals surface area contributed by atoms with Gasteiger partial charge < -0.3 is 10.2 Å². The van der Waals surface area contributed by atoms with Crippen molar-refractivity contribution in [1.29, 1.82) is 0 Å². The summed E-state index contributed by atoms with van der Waals surface area (Å²) in [6.45, 7) is 5.06. The molecule has 0 aromatic heterocycles. The summed E-state index contributed by atoms with van der Waals surface area (Å²) in [6.07, 6.45) is 4.93. The van der Waals surface area contributed by atoms with E-state index in [1.54, 1.807) is 0 Å². The molecule has 1 aromatic rings. The Balaban J connectivity index is 0.00000242. The number of rotatable bonds is 6. The maximum absolute atomic E-state index is 12.2. The first-order valence-corrected chi connectivity index (χ1v) is 8.17. The number of nitrogens with one attached hydrogen (secondary N) is 1. The first kappa shape index (κ1) is 19.0. The maximum Gasteiger partial charge on any atom is 0.222 e. The molecule has 1 N–H and O–H groups in total. The highest BCUT2D eigenvalue weighted by Crippen LogP contribution is 2.17. The van der Waals surface area contributed by atoms with E-state index in [9.17, 15) is 4.79 Å². The van der Waals surface area contributed by atoms with Crippen molar-refractivity contribution in [1.82, 2.24) is 10.2 Å². The zero-order valence-electron chi connectivity index (χ0n) is 13.8. The van der Waals surface area contributed by atoms with Gasteiger partial charge in [-0.05, 0) is 57.7 Å². The van der Waals surface area contributed by atoms with E-state index >= 15 is 0 Å². The predicted octanol–water partition coefficient (Wildman–Crippen LogP) is 3.20. The summed E-state index contributed by atoms with van der Waals surface area (Å²) in [5.41, 5.74) is 2.63. The molecular formula is C18H29ClN2O. The van der Waals surface area contributed by atoms with Crippen LogP contribution in [-0.2, 0) is 11.2 Å². The molecular weight excluding hydrogens is 296 g/mol. The van der Waals surface area contributed by atoms with Gasteiger partial charge in [0.15, 0.2) is 0 Å². The van der Waals surface area contributed by atoms with Gasteiger partial charge in [-0.1, -0.05) is 29.8 Å². The van der Waals surface area contributed by atoms with E-state index in [0.29, 0.717) is 12.3 Å². The summed E-state index contributed by atoms with van der Waals surface area (Å²) in [7, 11) is 2.00. The Morgan fingerprint density at radius 2 is 1.86 bits per heavy atom.